The van der Waals surface area contributed by atoms with Gasteiger partial charge in [0.2, 0.25) is 5.91 Å². The number of carbonyl (C=O) groups is 1. The highest BCUT2D eigenvalue weighted by Gasteiger charge is 2.05. The maximum atomic E-state index is 11.9. The molecule has 0 saturated heterocycles. The highest BCUT2D eigenvalue weighted by atomic mass is 32.2. The first kappa shape index (κ1) is 17.5. The third-order valence-electron chi connectivity index (χ3n) is 3.33. The normalized spacial score (nSPS) is 10.8. The van der Waals surface area contributed by atoms with Crippen LogP contribution in [0.4, 0.5) is 0 Å². The number of benzene rings is 1. The molecule has 0 bridgehead atoms. The van der Waals surface area contributed by atoms with E-state index in [1.165, 1.54) is 0 Å². The minimum Gasteiger partial charge on any atom is -0.356 e. The molecule has 0 unspecified atom stereocenters. The van der Waals surface area contributed by atoms with E-state index in [1.54, 1.807) is 17.8 Å². The van der Waals surface area contributed by atoms with Crippen molar-refractivity contribution in [2.45, 2.75) is 25.0 Å². The van der Waals surface area contributed by atoms with E-state index >= 15 is 0 Å². The van der Waals surface area contributed by atoms with Crippen LogP contribution in [0.1, 0.15) is 25.1 Å². The Morgan fingerprint density at radius 3 is 2.96 bits per heavy atom. The average Bonchev–Trinajstić information content (AvgIpc) is 2.56. The van der Waals surface area contributed by atoms with Crippen LogP contribution in [0, 0.1) is 0 Å². The summed E-state index contributed by atoms with van der Waals surface area (Å²) in [6.07, 6.45) is 2.30. The Balaban J connectivity index is 1.74. The summed E-state index contributed by atoms with van der Waals surface area (Å²) in [5.41, 5.74) is 5.97. The summed E-state index contributed by atoms with van der Waals surface area (Å²) in [5, 5.41) is 3.46. The molecule has 23 heavy (non-hydrogen) atoms. The summed E-state index contributed by atoms with van der Waals surface area (Å²) in [7, 11) is 0. The Morgan fingerprint density at radius 2 is 2.13 bits per heavy atom. The van der Waals surface area contributed by atoms with Gasteiger partial charge in [-0.1, -0.05) is 12.1 Å². The Labute approximate surface area is 139 Å². The zero-order chi connectivity index (χ0) is 16.5. The lowest BCUT2D eigenvalue weighted by atomic mass is 10.2. The van der Waals surface area contributed by atoms with Crippen LogP contribution in [-0.4, -0.2) is 34.7 Å². The zero-order valence-electron chi connectivity index (χ0n) is 13.0. The van der Waals surface area contributed by atoms with Crippen molar-refractivity contribution in [1.82, 2.24) is 15.3 Å². The molecule has 0 aliphatic heterocycles. The number of aromatic nitrogens is 2. The number of H-pyrrole nitrogens is 1. The summed E-state index contributed by atoms with van der Waals surface area (Å²) in [5.74, 6) is 1.97. The second-order valence-electron chi connectivity index (χ2n) is 5.18. The molecular weight excluding hydrogens is 312 g/mol. The molecule has 0 atom stereocenters. The summed E-state index contributed by atoms with van der Waals surface area (Å²) < 4.78 is 0. The molecule has 2 aromatic rings. The number of para-hydroxylation sites is 1. The molecule has 124 valence electrons. The molecule has 1 aromatic heterocycles. The smallest absolute Gasteiger partial charge is 0.258 e. The third kappa shape index (κ3) is 5.69. The maximum Gasteiger partial charge on any atom is 0.258 e. The summed E-state index contributed by atoms with van der Waals surface area (Å²) in [4.78, 5) is 30.8. The van der Waals surface area contributed by atoms with E-state index in [9.17, 15) is 9.59 Å². The van der Waals surface area contributed by atoms with E-state index in [4.69, 9.17) is 5.73 Å². The van der Waals surface area contributed by atoms with Crippen LogP contribution in [0.3, 0.4) is 0 Å². The van der Waals surface area contributed by atoms with Crippen molar-refractivity contribution in [2.24, 2.45) is 5.73 Å². The predicted octanol–water partition coefficient (Wildman–Crippen LogP) is 1.40. The average molecular weight is 334 g/mol. The molecule has 1 aromatic carbocycles. The first-order valence-corrected chi connectivity index (χ1v) is 8.88. The van der Waals surface area contributed by atoms with Crippen LogP contribution in [-0.2, 0) is 10.5 Å². The van der Waals surface area contributed by atoms with Gasteiger partial charge in [0.1, 0.15) is 5.82 Å². The second-order valence-corrected chi connectivity index (χ2v) is 6.28. The van der Waals surface area contributed by atoms with Crippen molar-refractivity contribution < 1.29 is 4.79 Å². The standard InChI is InChI=1S/C16H22N4O2S/c17-8-3-4-9-18-15(21)7-10-23-11-14-19-13-6-2-1-5-12(13)16(22)20-14/h1-2,5-6H,3-4,7-11,17H2,(H,18,21)(H,19,20,22). The van der Waals surface area contributed by atoms with Crippen LogP contribution in [0.5, 0.6) is 0 Å². The SMILES string of the molecule is NCCCCNC(=O)CCSCc1nc2ccccc2c(=O)[nH]1. The lowest BCUT2D eigenvalue weighted by Gasteiger charge is -2.05. The van der Waals surface area contributed by atoms with E-state index < -0.39 is 0 Å². The van der Waals surface area contributed by atoms with Gasteiger partial charge in [0, 0.05) is 18.7 Å². The fourth-order valence-corrected chi connectivity index (χ4v) is 2.93. The number of aromatic amines is 1. The van der Waals surface area contributed by atoms with Gasteiger partial charge in [0.25, 0.3) is 5.56 Å². The number of fused-ring (bicyclic) bond motifs is 1. The van der Waals surface area contributed by atoms with Crippen molar-refractivity contribution in [1.29, 1.82) is 0 Å². The van der Waals surface area contributed by atoms with Gasteiger partial charge in [-0.05, 0) is 31.5 Å². The van der Waals surface area contributed by atoms with Gasteiger partial charge in [-0.2, -0.15) is 11.8 Å². The summed E-state index contributed by atoms with van der Waals surface area (Å²) >= 11 is 1.58. The van der Waals surface area contributed by atoms with Crippen molar-refractivity contribution in [2.75, 3.05) is 18.8 Å². The Bertz CT molecular complexity index is 702. The lowest BCUT2D eigenvalue weighted by Crippen LogP contribution is -2.25. The highest BCUT2D eigenvalue weighted by molar-refractivity contribution is 7.98. The van der Waals surface area contributed by atoms with Gasteiger partial charge in [-0.15, -0.1) is 0 Å². The van der Waals surface area contributed by atoms with Crippen LogP contribution in [0.15, 0.2) is 29.1 Å². The molecule has 1 amide bonds. The number of nitrogens with one attached hydrogen (secondary N) is 2. The quantitative estimate of drug-likeness (QED) is 0.602. The first-order valence-electron chi connectivity index (χ1n) is 7.73. The third-order valence-corrected chi connectivity index (χ3v) is 4.30. The van der Waals surface area contributed by atoms with E-state index in [0.717, 1.165) is 12.8 Å². The number of thioether (sulfide) groups is 1. The number of hydrogen-bond donors (Lipinski definition) is 3. The molecule has 0 radical (unpaired) electrons. The molecule has 0 saturated carbocycles. The highest BCUT2D eigenvalue weighted by Crippen LogP contribution is 2.11. The fourth-order valence-electron chi connectivity index (χ4n) is 2.12. The number of nitrogens with two attached hydrogens (primary N) is 1. The lowest BCUT2D eigenvalue weighted by molar-refractivity contribution is -0.120. The minimum atomic E-state index is -0.121. The number of nitrogens with zero attached hydrogens (tertiary/aromatic N) is 1. The Morgan fingerprint density at radius 1 is 1.30 bits per heavy atom. The van der Waals surface area contributed by atoms with Gasteiger partial charge in [-0.25, -0.2) is 4.98 Å². The molecule has 0 aliphatic carbocycles. The van der Waals surface area contributed by atoms with Crippen molar-refractivity contribution >= 4 is 28.6 Å². The number of hydrogen-bond acceptors (Lipinski definition) is 5. The van der Waals surface area contributed by atoms with E-state index in [1.807, 2.05) is 18.2 Å². The van der Waals surface area contributed by atoms with Gasteiger partial charge in [0.15, 0.2) is 0 Å². The number of carbonyl (C=O) groups excluding carboxylic acids is 1. The largest absolute Gasteiger partial charge is 0.356 e. The molecule has 2 rings (SSSR count). The molecule has 4 N–H and O–H groups in total. The van der Waals surface area contributed by atoms with E-state index in [0.29, 0.717) is 47.7 Å². The van der Waals surface area contributed by atoms with Gasteiger partial charge >= 0.3 is 0 Å². The van der Waals surface area contributed by atoms with Crippen LogP contribution >= 0.6 is 11.8 Å². The van der Waals surface area contributed by atoms with Crippen LogP contribution < -0.4 is 16.6 Å². The molecule has 6 nitrogen and oxygen atoms in total. The zero-order valence-corrected chi connectivity index (χ0v) is 13.8. The molecule has 0 fully saturated rings. The van der Waals surface area contributed by atoms with E-state index in [-0.39, 0.29) is 11.5 Å². The summed E-state index contributed by atoms with van der Waals surface area (Å²) in [6, 6.07) is 7.27. The van der Waals surface area contributed by atoms with Crippen molar-refractivity contribution in [3.8, 4) is 0 Å². The number of unbranched alkanes of at least 4 members (excludes halogenated alkanes) is 1. The molecule has 1 heterocycles. The monoisotopic (exact) mass is 334 g/mol. The fraction of sp³-hybridized carbons (Fsp3) is 0.438. The van der Waals surface area contributed by atoms with Gasteiger partial charge in [0.05, 0.1) is 16.7 Å². The Hall–Kier alpha value is -1.86. The van der Waals surface area contributed by atoms with Crippen LogP contribution in [0.25, 0.3) is 10.9 Å². The minimum absolute atomic E-state index is 0.0504. The maximum absolute atomic E-state index is 11.9. The number of amides is 1. The first-order chi connectivity index (χ1) is 11.2. The topological polar surface area (TPSA) is 101 Å². The summed E-state index contributed by atoms with van der Waals surface area (Å²) in [6.45, 7) is 1.34. The second kappa shape index (κ2) is 9.32. The van der Waals surface area contributed by atoms with Crippen LogP contribution in [0.2, 0.25) is 0 Å². The van der Waals surface area contributed by atoms with Gasteiger partial charge in [-0.3, -0.25) is 9.59 Å². The van der Waals surface area contributed by atoms with Gasteiger partial charge < -0.3 is 16.0 Å². The molecule has 0 spiro atoms. The predicted molar refractivity (Wildman–Crippen MR) is 94.4 cm³/mol. The molecular formula is C16H22N4O2S. The van der Waals surface area contributed by atoms with E-state index in [2.05, 4.69) is 15.3 Å². The molecule has 7 heteroatoms. The number of rotatable bonds is 9. The Kier molecular flexibility index (Phi) is 7.09. The van der Waals surface area contributed by atoms with Crippen molar-refractivity contribution in [3.63, 3.8) is 0 Å². The van der Waals surface area contributed by atoms with Crippen molar-refractivity contribution in [3.05, 3.63) is 40.4 Å². The molecule has 0 aliphatic rings.